The van der Waals surface area contributed by atoms with E-state index in [1.165, 1.54) is 4.90 Å². The number of aliphatic carboxylic acids is 1. The van der Waals surface area contributed by atoms with Crippen LogP contribution < -0.4 is 5.32 Å². The lowest BCUT2D eigenvalue weighted by molar-refractivity contribution is -0.147. The van der Waals surface area contributed by atoms with Crippen molar-refractivity contribution in [1.29, 1.82) is 0 Å². The molecule has 0 aromatic carbocycles. The average Bonchev–Trinajstić information content (AvgIpc) is 2.46. The molecule has 7 heteroatoms. The minimum atomic E-state index is -1.06. The Morgan fingerprint density at radius 2 is 2.40 bits per heavy atom. The molecular weight excluding hydrogens is 262 g/mol. The lowest BCUT2D eigenvalue weighted by Gasteiger charge is -2.32. The molecular formula is C13H17N3O4. The van der Waals surface area contributed by atoms with Gasteiger partial charge in [-0.2, -0.15) is 0 Å². The first kappa shape index (κ1) is 14.3. The van der Waals surface area contributed by atoms with Crippen LogP contribution >= 0.6 is 0 Å². The number of hydrogen-bond donors (Lipinski definition) is 2. The van der Waals surface area contributed by atoms with E-state index in [0.29, 0.717) is 6.61 Å². The molecule has 0 saturated carbocycles. The Bertz CT molecular complexity index is 506. The number of hydrogen-bond acceptors (Lipinski definition) is 4. The molecule has 7 nitrogen and oxygen atoms in total. The van der Waals surface area contributed by atoms with Crippen LogP contribution in [0.4, 0.5) is 4.79 Å². The van der Waals surface area contributed by atoms with Gasteiger partial charge in [0.25, 0.3) is 0 Å². The van der Waals surface area contributed by atoms with E-state index in [2.05, 4.69) is 10.3 Å². The van der Waals surface area contributed by atoms with Gasteiger partial charge >= 0.3 is 12.0 Å². The third-order valence-electron chi connectivity index (χ3n) is 3.20. The number of aryl methyl sites for hydroxylation is 1. The molecule has 1 saturated heterocycles. The molecule has 0 aliphatic carbocycles. The molecule has 0 spiro atoms. The molecule has 1 aliphatic rings. The largest absolute Gasteiger partial charge is 0.480 e. The number of amides is 2. The summed E-state index contributed by atoms with van der Waals surface area (Å²) >= 11 is 0. The van der Waals surface area contributed by atoms with Gasteiger partial charge in [0, 0.05) is 12.7 Å². The number of rotatable bonds is 3. The second-order valence-corrected chi connectivity index (χ2v) is 4.55. The van der Waals surface area contributed by atoms with Crippen LogP contribution in [0.25, 0.3) is 0 Å². The zero-order valence-corrected chi connectivity index (χ0v) is 11.2. The molecule has 2 heterocycles. The number of carbonyl (C=O) groups is 2. The molecule has 1 unspecified atom stereocenters. The van der Waals surface area contributed by atoms with Crippen LogP contribution in [-0.2, 0) is 16.1 Å². The molecule has 1 fully saturated rings. The third-order valence-corrected chi connectivity index (χ3v) is 3.20. The molecule has 2 amide bonds. The smallest absolute Gasteiger partial charge is 0.328 e. The van der Waals surface area contributed by atoms with Gasteiger partial charge in [0.2, 0.25) is 0 Å². The van der Waals surface area contributed by atoms with E-state index in [0.717, 1.165) is 11.3 Å². The van der Waals surface area contributed by atoms with Crippen LogP contribution in [0.3, 0.4) is 0 Å². The van der Waals surface area contributed by atoms with Crippen LogP contribution in [0.1, 0.15) is 11.3 Å². The fourth-order valence-corrected chi connectivity index (χ4v) is 2.02. The van der Waals surface area contributed by atoms with Gasteiger partial charge in [-0.25, -0.2) is 9.59 Å². The lowest BCUT2D eigenvalue weighted by atomic mass is 10.2. The first-order valence-electron chi connectivity index (χ1n) is 6.35. The molecule has 0 bridgehead atoms. The second kappa shape index (κ2) is 6.33. The Labute approximate surface area is 116 Å². The minimum absolute atomic E-state index is 0.0192. The van der Waals surface area contributed by atoms with E-state index in [9.17, 15) is 9.59 Å². The highest BCUT2D eigenvalue weighted by Crippen LogP contribution is 2.08. The van der Waals surface area contributed by atoms with Crippen molar-refractivity contribution in [2.24, 2.45) is 0 Å². The number of nitrogens with one attached hydrogen (secondary N) is 1. The summed E-state index contributed by atoms with van der Waals surface area (Å²) in [5, 5.41) is 11.8. The molecule has 1 aromatic heterocycles. The van der Waals surface area contributed by atoms with Crippen molar-refractivity contribution in [2.45, 2.75) is 19.5 Å². The Hall–Kier alpha value is -2.15. The van der Waals surface area contributed by atoms with Crippen molar-refractivity contribution in [3.8, 4) is 0 Å². The maximum Gasteiger partial charge on any atom is 0.328 e. The summed E-state index contributed by atoms with van der Waals surface area (Å²) in [6.45, 7) is 2.81. The summed E-state index contributed by atoms with van der Waals surface area (Å²) in [4.78, 5) is 28.6. The number of ether oxygens (including phenoxy) is 1. The highest BCUT2D eigenvalue weighted by molar-refractivity contribution is 5.83. The normalized spacial score (nSPS) is 18.6. The number of carboxylic acids is 1. The maximum atomic E-state index is 12.1. The van der Waals surface area contributed by atoms with Crippen molar-refractivity contribution < 1.29 is 19.4 Å². The van der Waals surface area contributed by atoms with Crippen LogP contribution in [-0.4, -0.2) is 52.8 Å². The zero-order chi connectivity index (χ0) is 14.5. The van der Waals surface area contributed by atoms with Crippen LogP contribution in [0.15, 0.2) is 18.3 Å². The number of pyridine rings is 1. The van der Waals surface area contributed by atoms with Crippen LogP contribution in [0, 0.1) is 6.92 Å². The first-order valence-corrected chi connectivity index (χ1v) is 6.35. The van der Waals surface area contributed by atoms with E-state index in [1.807, 2.05) is 19.1 Å². The van der Waals surface area contributed by atoms with Crippen molar-refractivity contribution in [3.63, 3.8) is 0 Å². The van der Waals surface area contributed by atoms with Crippen molar-refractivity contribution in [3.05, 3.63) is 29.6 Å². The Kier molecular flexibility index (Phi) is 4.52. The van der Waals surface area contributed by atoms with E-state index in [-0.39, 0.29) is 19.7 Å². The monoisotopic (exact) mass is 279 g/mol. The third kappa shape index (κ3) is 3.24. The molecule has 108 valence electrons. The summed E-state index contributed by atoms with van der Waals surface area (Å²) in [6, 6.07) is 2.38. The summed E-state index contributed by atoms with van der Waals surface area (Å²) in [6.07, 6.45) is 1.66. The van der Waals surface area contributed by atoms with E-state index in [4.69, 9.17) is 9.84 Å². The molecule has 20 heavy (non-hydrogen) atoms. The van der Waals surface area contributed by atoms with Gasteiger partial charge in [-0.1, -0.05) is 6.07 Å². The van der Waals surface area contributed by atoms with Gasteiger partial charge in [-0.3, -0.25) is 4.98 Å². The van der Waals surface area contributed by atoms with Crippen LogP contribution in [0.5, 0.6) is 0 Å². The van der Waals surface area contributed by atoms with Gasteiger partial charge in [0.05, 0.1) is 25.5 Å². The quantitative estimate of drug-likeness (QED) is 0.835. The molecule has 2 N–H and O–H groups in total. The van der Waals surface area contributed by atoms with Gasteiger partial charge in [-0.15, -0.1) is 0 Å². The predicted molar refractivity (Wildman–Crippen MR) is 70.2 cm³/mol. The van der Waals surface area contributed by atoms with Crippen molar-refractivity contribution in [1.82, 2.24) is 15.2 Å². The summed E-state index contributed by atoms with van der Waals surface area (Å²) in [5.74, 6) is -1.06. The fourth-order valence-electron chi connectivity index (χ4n) is 2.02. The Morgan fingerprint density at radius 3 is 3.10 bits per heavy atom. The molecule has 1 aliphatic heterocycles. The van der Waals surface area contributed by atoms with Gasteiger partial charge in [0.1, 0.15) is 0 Å². The predicted octanol–water partition coefficient (Wildman–Crippen LogP) is 0.385. The number of aromatic nitrogens is 1. The molecule has 1 aromatic rings. The summed E-state index contributed by atoms with van der Waals surface area (Å²) in [5.41, 5.74) is 1.74. The molecule has 1 atom stereocenters. The van der Waals surface area contributed by atoms with Crippen molar-refractivity contribution >= 4 is 12.0 Å². The highest BCUT2D eigenvalue weighted by Gasteiger charge is 2.32. The minimum Gasteiger partial charge on any atom is -0.480 e. The zero-order valence-electron chi connectivity index (χ0n) is 11.2. The van der Waals surface area contributed by atoms with Gasteiger partial charge < -0.3 is 20.1 Å². The van der Waals surface area contributed by atoms with Crippen LogP contribution in [0.2, 0.25) is 0 Å². The Balaban J connectivity index is 1.97. The number of carbonyl (C=O) groups excluding carboxylic acids is 1. The van der Waals surface area contributed by atoms with Gasteiger partial charge in [0.15, 0.2) is 6.04 Å². The lowest BCUT2D eigenvalue weighted by Crippen LogP contribution is -2.55. The summed E-state index contributed by atoms with van der Waals surface area (Å²) < 4.78 is 5.09. The second-order valence-electron chi connectivity index (χ2n) is 4.55. The number of carboxylic acid groups (broad SMARTS) is 1. The molecule has 2 rings (SSSR count). The first-order chi connectivity index (χ1) is 9.59. The molecule has 0 radical (unpaired) electrons. The van der Waals surface area contributed by atoms with E-state index in [1.54, 1.807) is 6.20 Å². The average molecular weight is 279 g/mol. The van der Waals surface area contributed by atoms with Crippen molar-refractivity contribution in [2.75, 3.05) is 19.8 Å². The standard InChI is InChI=1S/C13H17N3O4/c1-9-3-2-4-14-10(9)7-15-13(19)16-5-6-20-8-11(16)12(17)18/h2-4,11H,5-8H2,1H3,(H,15,19)(H,17,18). The topological polar surface area (TPSA) is 91.8 Å². The van der Waals surface area contributed by atoms with E-state index >= 15 is 0 Å². The summed E-state index contributed by atoms with van der Waals surface area (Å²) in [7, 11) is 0. The van der Waals surface area contributed by atoms with Gasteiger partial charge in [-0.05, 0) is 18.6 Å². The highest BCUT2D eigenvalue weighted by atomic mass is 16.5. The maximum absolute atomic E-state index is 12.1. The van der Waals surface area contributed by atoms with E-state index < -0.39 is 18.0 Å². The number of nitrogens with zero attached hydrogens (tertiary/aromatic N) is 2. The number of morpholine rings is 1. The Morgan fingerprint density at radius 1 is 1.60 bits per heavy atom. The number of urea groups is 1. The SMILES string of the molecule is Cc1cccnc1CNC(=O)N1CCOCC1C(=O)O. The fraction of sp³-hybridized carbons (Fsp3) is 0.462.